The number of benzene rings is 1. The van der Waals surface area contributed by atoms with Gasteiger partial charge in [-0.15, -0.1) is 0 Å². The van der Waals surface area contributed by atoms with Crippen LogP contribution in [-0.4, -0.2) is 55.3 Å². The van der Waals surface area contributed by atoms with Crippen LogP contribution >= 0.6 is 0 Å². The highest BCUT2D eigenvalue weighted by Crippen LogP contribution is 2.19. The van der Waals surface area contributed by atoms with Crippen LogP contribution in [0.3, 0.4) is 0 Å². The highest BCUT2D eigenvalue weighted by atomic mass is 16.6. The first-order valence-corrected chi connectivity index (χ1v) is 8.34. The molecule has 0 unspecified atom stereocenters. The Hall–Kier alpha value is -2.71. The Morgan fingerprint density at radius 2 is 2.08 bits per heavy atom. The van der Waals surface area contributed by atoms with Crippen molar-refractivity contribution in [2.45, 2.75) is 12.6 Å². The summed E-state index contributed by atoms with van der Waals surface area (Å²) in [6, 6.07) is 10.3. The average Bonchev–Trinajstić information content (AvgIpc) is 2.69. The largest absolute Gasteiger partial charge is 0.497 e. The zero-order valence-electron chi connectivity index (χ0n) is 14.5. The number of nitrogens with one attached hydrogen (secondary N) is 1. The molecule has 1 N–H and O–H groups in total. The van der Waals surface area contributed by atoms with Crippen LogP contribution in [0.25, 0.3) is 11.3 Å². The topological polar surface area (TPSA) is 91.7 Å². The Balaban J connectivity index is 1.65. The van der Waals surface area contributed by atoms with Crippen LogP contribution in [-0.2, 0) is 20.8 Å². The summed E-state index contributed by atoms with van der Waals surface area (Å²) in [4.78, 5) is 24.1. The number of methoxy groups -OCH3 is 1. The zero-order valence-corrected chi connectivity index (χ0v) is 14.5. The molecule has 2 heterocycles. The molecule has 1 aromatic heterocycles. The van der Waals surface area contributed by atoms with Gasteiger partial charge in [0.15, 0.2) is 0 Å². The van der Waals surface area contributed by atoms with Gasteiger partial charge in [-0.1, -0.05) is 0 Å². The van der Waals surface area contributed by atoms with Crippen molar-refractivity contribution in [2.24, 2.45) is 0 Å². The fraction of sp³-hybridized carbons (Fsp3) is 0.389. The van der Waals surface area contributed by atoms with Crippen molar-refractivity contribution in [3.05, 3.63) is 46.8 Å². The SMILES string of the molecule is COc1ccc(-c2ccc(=O)n(CC(=O)NC[C@@H]3COCCO3)n2)cc1. The molecule has 26 heavy (non-hydrogen) atoms. The van der Waals surface area contributed by atoms with E-state index in [4.69, 9.17) is 14.2 Å². The second kappa shape index (κ2) is 8.59. The average molecular weight is 359 g/mol. The number of carbonyl (C=O) groups excluding carboxylic acids is 1. The first-order chi connectivity index (χ1) is 12.7. The molecule has 1 atom stereocenters. The molecule has 1 amide bonds. The number of nitrogens with zero attached hydrogens (tertiary/aromatic N) is 2. The Bertz CT molecular complexity index is 797. The molecule has 1 aliphatic heterocycles. The molecular weight excluding hydrogens is 338 g/mol. The van der Waals surface area contributed by atoms with Gasteiger partial charge in [-0.05, 0) is 30.3 Å². The van der Waals surface area contributed by atoms with Crippen molar-refractivity contribution in [1.82, 2.24) is 15.1 Å². The predicted molar refractivity (Wildman–Crippen MR) is 94.1 cm³/mol. The van der Waals surface area contributed by atoms with E-state index in [0.29, 0.717) is 32.1 Å². The molecule has 1 aliphatic rings. The maximum Gasteiger partial charge on any atom is 0.267 e. The van der Waals surface area contributed by atoms with Crippen molar-refractivity contribution in [2.75, 3.05) is 33.5 Å². The number of amides is 1. The van der Waals surface area contributed by atoms with Gasteiger partial charge in [-0.3, -0.25) is 9.59 Å². The van der Waals surface area contributed by atoms with Gasteiger partial charge >= 0.3 is 0 Å². The van der Waals surface area contributed by atoms with Crippen LogP contribution in [0, 0.1) is 0 Å². The van der Waals surface area contributed by atoms with Gasteiger partial charge in [0.2, 0.25) is 5.91 Å². The second-order valence-electron chi connectivity index (χ2n) is 5.81. The first-order valence-electron chi connectivity index (χ1n) is 8.34. The summed E-state index contributed by atoms with van der Waals surface area (Å²) < 4.78 is 17.0. The third-order valence-corrected chi connectivity index (χ3v) is 3.96. The predicted octanol–water partition coefficient (Wildman–Crippen LogP) is 0.451. The van der Waals surface area contributed by atoms with E-state index in [1.807, 2.05) is 24.3 Å². The van der Waals surface area contributed by atoms with Crippen molar-refractivity contribution >= 4 is 5.91 Å². The van der Waals surface area contributed by atoms with E-state index in [1.54, 1.807) is 13.2 Å². The maximum atomic E-state index is 12.1. The van der Waals surface area contributed by atoms with Gasteiger partial charge in [-0.2, -0.15) is 5.10 Å². The summed E-state index contributed by atoms with van der Waals surface area (Å²) in [5.41, 5.74) is 1.09. The van der Waals surface area contributed by atoms with E-state index >= 15 is 0 Å². The minimum atomic E-state index is -0.338. The fourth-order valence-corrected chi connectivity index (χ4v) is 2.55. The Labute approximate surface area is 150 Å². The number of carbonyl (C=O) groups is 1. The number of ether oxygens (including phenoxy) is 3. The standard InChI is InChI=1S/C18H21N3O5/c1-24-14-4-2-13(3-5-14)16-6-7-18(23)21(20-16)11-17(22)19-10-15-12-25-8-9-26-15/h2-7,15H,8-12H2,1H3,(H,19,22)/t15-/m1/s1. The summed E-state index contributed by atoms with van der Waals surface area (Å²) in [7, 11) is 1.59. The molecule has 0 saturated carbocycles. The lowest BCUT2D eigenvalue weighted by atomic mass is 10.1. The molecule has 0 spiro atoms. The summed E-state index contributed by atoms with van der Waals surface area (Å²) >= 11 is 0. The molecule has 0 aliphatic carbocycles. The van der Waals surface area contributed by atoms with Gasteiger partial charge in [0.1, 0.15) is 12.3 Å². The highest BCUT2D eigenvalue weighted by Gasteiger charge is 2.16. The zero-order chi connectivity index (χ0) is 18.4. The molecule has 1 fully saturated rings. The number of hydrogen-bond donors (Lipinski definition) is 1. The Kier molecular flexibility index (Phi) is 5.98. The molecule has 3 rings (SSSR count). The summed E-state index contributed by atoms with van der Waals surface area (Å²) in [6.45, 7) is 1.72. The van der Waals surface area contributed by atoms with Crippen molar-refractivity contribution in [1.29, 1.82) is 0 Å². The lowest BCUT2D eigenvalue weighted by Gasteiger charge is -2.23. The fourth-order valence-electron chi connectivity index (χ4n) is 2.55. The number of rotatable bonds is 6. The molecule has 0 bridgehead atoms. The Morgan fingerprint density at radius 1 is 1.27 bits per heavy atom. The summed E-state index contributed by atoms with van der Waals surface area (Å²) in [5, 5.41) is 7.02. The molecule has 8 nitrogen and oxygen atoms in total. The van der Waals surface area contributed by atoms with Gasteiger partial charge in [-0.25, -0.2) is 4.68 Å². The monoisotopic (exact) mass is 359 g/mol. The lowest BCUT2D eigenvalue weighted by molar-refractivity contribution is -0.124. The third kappa shape index (κ3) is 4.68. The normalized spacial score (nSPS) is 16.9. The summed E-state index contributed by atoms with van der Waals surface area (Å²) in [6.07, 6.45) is -0.164. The molecule has 8 heteroatoms. The van der Waals surface area contributed by atoms with E-state index in [0.717, 1.165) is 16.0 Å². The number of hydrogen-bond acceptors (Lipinski definition) is 6. The molecule has 138 valence electrons. The summed E-state index contributed by atoms with van der Waals surface area (Å²) in [5.74, 6) is 0.427. The van der Waals surface area contributed by atoms with E-state index in [1.165, 1.54) is 6.07 Å². The quantitative estimate of drug-likeness (QED) is 0.805. The van der Waals surface area contributed by atoms with Crippen molar-refractivity contribution in [3.8, 4) is 17.0 Å². The van der Waals surface area contributed by atoms with E-state index in [-0.39, 0.29) is 24.1 Å². The van der Waals surface area contributed by atoms with Crippen LogP contribution in [0.2, 0.25) is 0 Å². The number of aromatic nitrogens is 2. The van der Waals surface area contributed by atoms with Crippen LogP contribution in [0.15, 0.2) is 41.2 Å². The van der Waals surface area contributed by atoms with Gasteiger partial charge in [0.05, 0.1) is 38.7 Å². The van der Waals surface area contributed by atoms with E-state index < -0.39 is 0 Å². The minimum Gasteiger partial charge on any atom is -0.497 e. The highest BCUT2D eigenvalue weighted by molar-refractivity contribution is 5.75. The smallest absolute Gasteiger partial charge is 0.267 e. The van der Waals surface area contributed by atoms with Crippen LogP contribution in [0.1, 0.15) is 0 Å². The van der Waals surface area contributed by atoms with Gasteiger partial charge < -0.3 is 19.5 Å². The van der Waals surface area contributed by atoms with Crippen molar-refractivity contribution in [3.63, 3.8) is 0 Å². The molecule has 1 aromatic carbocycles. The van der Waals surface area contributed by atoms with Gasteiger partial charge in [0, 0.05) is 18.2 Å². The third-order valence-electron chi connectivity index (χ3n) is 3.96. The maximum absolute atomic E-state index is 12.1. The van der Waals surface area contributed by atoms with Crippen LogP contribution in [0.4, 0.5) is 0 Å². The molecular formula is C18H21N3O5. The van der Waals surface area contributed by atoms with Crippen LogP contribution in [0.5, 0.6) is 5.75 Å². The second-order valence-corrected chi connectivity index (χ2v) is 5.81. The van der Waals surface area contributed by atoms with Crippen LogP contribution < -0.4 is 15.6 Å². The van der Waals surface area contributed by atoms with Crippen molar-refractivity contribution < 1.29 is 19.0 Å². The van der Waals surface area contributed by atoms with E-state index in [9.17, 15) is 9.59 Å². The Morgan fingerprint density at radius 3 is 2.77 bits per heavy atom. The van der Waals surface area contributed by atoms with E-state index in [2.05, 4.69) is 10.4 Å². The first kappa shape index (κ1) is 18.1. The van der Waals surface area contributed by atoms with Gasteiger partial charge in [0.25, 0.3) is 5.56 Å². The molecule has 1 saturated heterocycles. The lowest BCUT2D eigenvalue weighted by Crippen LogP contribution is -2.41. The molecule has 0 radical (unpaired) electrons. The minimum absolute atomic E-state index is 0.156. The molecule has 2 aromatic rings.